The standard InChI is InChI=1S/C21H19ClF3NO3/c1-3-10-26-17-11-14(8-9-18(17)29-12-19(26)27)20(28,21(23,24)25)13(2)15-6-4-5-7-16(15)22/h3-9,11,13,28H,1,10,12H2,2H3. The van der Waals surface area contributed by atoms with Crippen molar-refractivity contribution in [2.24, 2.45) is 0 Å². The first-order valence-electron chi connectivity index (χ1n) is 8.83. The highest BCUT2D eigenvalue weighted by molar-refractivity contribution is 6.31. The minimum atomic E-state index is -5.01. The number of aliphatic hydroxyl groups is 1. The molecule has 8 heteroatoms. The number of carbonyl (C=O) groups is 1. The Kier molecular flexibility index (Phi) is 5.65. The Morgan fingerprint density at radius 2 is 2.00 bits per heavy atom. The Labute approximate surface area is 171 Å². The molecule has 0 saturated heterocycles. The number of amides is 1. The number of anilines is 1. The summed E-state index contributed by atoms with van der Waals surface area (Å²) in [5, 5.41) is 11.1. The Hall–Kier alpha value is -2.51. The number of ether oxygens (including phenoxy) is 1. The SMILES string of the molecule is C=CCN1C(=O)COc2ccc(C(O)(C(C)c3ccccc3Cl)C(F)(F)F)cc21. The second-order valence-corrected chi connectivity index (χ2v) is 7.18. The first-order valence-corrected chi connectivity index (χ1v) is 9.21. The monoisotopic (exact) mass is 425 g/mol. The third-order valence-corrected chi connectivity index (χ3v) is 5.43. The molecule has 2 aromatic carbocycles. The first-order chi connectivity index (χ1) is 13.6. The molecule has 1 aliphatic rings. The van der Waals surface area contributed by atoms with E-state index in [0.29, 0.717) is 0 Å². The molecule has 1 heterocycles. The van der Waals surface area contributed by atoms with Crippen LogP contribution < -0.4 is 9.64 Å². The van der Waals surface area contributed by atoms with Crippen molar-refractivity contribution in [3.8, 4) is 5.75 Å². The predicted molar refractivity (Wildman–Crippen MR) is 104 cm³/mol. The van der Waals surface area contributed by atoms with Gasteiger partial charge in [0.05, 0.1) is 5.69 Å². The van der Waals surface area contributed by atoms with Gasteiger partial charge in [-0.15, -0.1) is 6.58 Å². The Balaban J connectivity index is 2.17. The van der Waals surface area contributed by atoms with E-state index < -0.39 is 29.2 Å². The summed E-state index contributed by atoms with van der Waals surface area (Å²) in [5.74, 6) is -1.57. The summed E-state index contributed by atoms with van der Waals surface area (Å²) in [7, 11) is 0. The number of fused-ring (bicyclic) bond motifs is 1. The number of hydrogen-bond donors (Lipinski definition) is 1. The molecule has 0 bridgehead atoms. The fourth-order valence-electron chi connectivity index (χ4n) is 3.48. The molecule has 0 radical (unpaired) electrons. The number of nitrogens with zero attached hydrogens (tertiary/aromatic N) is 1. The number of rotatable bonds is 5. The Morgan fingerprint density at radius 1 is 1.31 bits per heavy atom. The maximum atomic E-state index is 14.2. The average Bonchev–Trinajstić information content (AvgIpc) is 2.68. The second kappa shape index (κ2) is 7.72. The summed E-state index contributed by atoms with van der Waals surface area (Å²) < 4.78 is 47.9. The lowest BCUT2D eigenvalue weighted by atomic mass is 9.77. The van der Waals surface area contributed by atoms with Crippen molar-refractivity contribution in [2.75, 3.05) is 18.1 Å². The Bertz CT molecular complexity index is 947. The van der Waals surface area contributed by atoms with E-state index in [0.717, 1.165) is 12.1 Å². The van der Waals surface area contributed by atoms with E-state index >= 15 is 0 Å². The zero-order valence-electron chi connectivity index (χ0n) is 15.5. The quantitative estimate of drug-likeness (QED) is 0.700. The van der Waals surface area contributed by atoms with E-state index in [9.17, 15) is 23.1 Å². The van der Waals surface area contributed by atoms with Gasteiger partial charge in [0.1, 0.15) is 5.75 Å². The summed E-state index contributed by atoms with van der Waals surface area (Å²) in [6.07, 6.45) is -3.55. The molecule has 2 unspecified atom stereocenters. The van der Waals surface area contributed by atoms with Crippen molar-refractivity contribution in [2.45, 2.75) is 24.6 Å². The number of hydrogen-bond acceptors (Lipinski definition) is 3. The van der Waals surface area contributed by atoms with Crippen LogP contribution in [-0.2, 0) is 10.4 Å². The molecule has 1 aliphatic heterocycles. The van der Waals surface area contributed by atoms with Crippen molar-refractivity contribution < 1.29 is 27.8 Å². The molecule has 0 aromatic heterocycles. The number of carbonyl (C=O) groups excluding carboxylic acids is 1. The van der Waals surface area contributed by atoms with Gasteiger partial charge in [0, 0.05) is 17.5 Å². The highest BCUT2D eigenvalue weighted by Gasteiger charge is 2.59. The van der Waals surface area contributed by atoms with Crippen LogP contribution in [0.2, 0.25) is 5.02 Å². The van der Waals surface area contributed by atoms with Gasteiger partial charge in [0.2, 0.25) is 0 Å². The molecular formula is C21H19ClF3NO3. The molecule has 0 aliphatic carbocycles. The van der Waals surface area contributed by atoms with Crippen LogP contribution in [-0.4, -0.2) is 30.3 Å². The number of halogens is 4. The molecule has 0 spiro atoms. The van der Waals surface area contributed by atoms with Gasteiger partial charge >= 0.3 is 6.18 Å². The topological polar surface area (TPSA) is 49.8 Å². The zero-order chi connectivity index (χ0) is 21.4. The van der Waals surface area contributed by atoms with Gasteiger partial charge in [-0.2, -0.15) is 13.2 Å². The molecule has 1 N–H and O–H groups in total. The summed E-state index contributed by atoms with van der Waals surface area (Å²) >= 11 is 6.10. The van der Waals surface area contributed by atoms with E-state index in [4.69, 9.17) is 16.3 Å². The minimum Gasteiger partial charge on any atom is -0.482 e. The third kappa shape index (κ3) is 3.60. The van der Waals surface area contributed by atoms with Crippen molar-refractivity contribution in [1.82, 2.24) is 0 Å². The highest BCUT2D eigenvalue weighted by Crippen LogP contribution is 2.51. The summed E-state index contributed by atoms with van der Waals surface area (Å²) in [6.45, 7) is 4.71. The fraction of sp³-hybridized carbons (Fsp3) is 0.286. The van der Waals surface area contributed by atoms with E-state index in [1.807, 2.05) is 0 Å². The Morgan fingerprint density at radius 3 is 2.62 bits per heavy atom. The third-order valence-electron chi connectivity index (χ3n) is 5.08. The second-order valence-electron chi connectivity index (χ2n) is 6.77. The molecule has 0 fully saturated rings. The molecule has 154 valence electrons. The maximum absolute atomic E-state index is 14.2. The van der Waals surface area contributed by atoms with Gasteiger partial charge in [-0.25, -0.2) is 0 Å². The molecule has 1 amide bonds. The summed E-state index contributed by atoms with van der Waals surface area (Å²) in [6, 6.07) is 9.68. The van der Waals surface area contributed by atoms with E-state index in [2.05, 4.69) is 6.58 Å². The van der Waals surface area contributed by atoms with Crippen LogP contribution in [0.3, 0.4) is 0 Å². The molecule has 2 atom stereocenters. The molecule has 4 nitrogen and oxygen atoms in total. The van der Waals surface area contributed by atoms with Crippen LogP contribution in [0.4, 0.5) is 18.9 Å². The zero-order valence-corrected chi connectivity index (χ0v) is 16.3. The van der Waals surface area contributed by atoms with E-state index in [1.165, 1.54) is 36.1 Å². The predicted octanol–water partition coefficient (Wildman–Crippen LogP) is 4.81. The van der Waals surface area contributed by atoms with Crippen molar-refractivity contribution in [3.05, 3.63) is 71.3 Å². The summed E-state index contributed by atoms with van der Waals surface area (Å²) in [5.41, 5.74) is -3.36. The van der Waals surface area contributed by atoms with Crippen molar-refractivity contribution in [3.63, 3.8) is 0 Å². The van der Waals surface area contributed by atoms with Crippen LogP contribution in [0, 0.1) is 0 Å². The number of alkyl halides is 3. The largest absolute Gasteiger partial charge is 0.482 e. The molecule has 3 rings (SSSR count). The lowest BCUT2D eigenvalue weighted by molar-refractivity contribution is -0.274. The lowest BCUT2D eigenvalue weighted by Gasteiger charge is -2.38. The normalized spacial score (nSPS) is 17.2. The van der Waals surface area contributed by atoms with Gasteiger partial charge in [0.25, 0.3) is 5.91 Å². The van der Waals surface area contributed by atoms with Gasteiger partial charge in [0.15, 0.2) is 12.2 Å². The van der Waals surface area contributed by atoms with Gasteiger partial charge in [-0.05, 0) is 29.3 Å². The smallest absolute Gasteiger partial charge is 0.422 e. The van der Waals surface area contributed by atoms with Crippen LogP contribution in [0.15, 0.2) is 55.1 Å². The molecule has 2 aromatic rings. The van der Waals surface area contributed by atoms with E-state index in [-0.39, 0.29) is 35.2 Å². The highest BCUT2D eigenvalue weighted by atomic mass is 35.5. The average molecular weight is 426 g/mol. The van der Waals surface area contributed by atoms with E-state index in [1.54, 1.807) is 12.1 Å². The molecule has 0 saturated carbocycles. The van der Waals surface area contributed by atoms with Gasteiger partial charge < -0.3 is 14.7 Å². The van der Waals surface area contributed by atoms with Crippen LogP contribution in [0.1, 0.15) is 24.0 Å². The summed E-state index contributed by atoms with van der Waals surface area (Å²) in [4.78, 5) is 13.4. The van der Waals surface area contributed by atoms with Gasteiger partial charge in [-0.3, -0.25) is 4.79 Å². The van der Waals surface area contributed by atoms with Crippen LogP contribution in [0.5, 0.6) is 5.75 Å². The molecule has 29 heavy (non-hydrogen) atoms. The molecular weight excluding hydrogens is 407 g/mol. The van der Waals surface area contributed by atoms with Crippen molar-refractivity contribution in [1.29, 1.82) is 0 Å². The van der Waals surface area contributed by atoms with Gasteiger partial charge in [-0.1, -0.05) is 48.9 Å². The number of benzene rings is 2. The maximum Gasteiger partial charge on any atom is 0.422 e. The lowest BCUT2D eigenvalue weighted by Crippen LogP contribution is -2.47. The minimum absolute atomic E-state index is 0.100. The van der Waals surface area contributed by atoms with Crippen LogP contribution in [0.25, 0.3) is 0 Å². The first kappa shape index (κ1) is 21.2. The van der Waals surface area contributed by atoms with Crippen molar-refractivity contribution >= 4 is 23.2 Å². The fourth-order valence-corrected chi connectivity index (χ4v) is 3.78. The van der Waals surface area contributed by atoms with Crippen LogP contribution >= 0.6 is 11.6 Å².